The van der Waals surface area contributed by atoms with Crippen LogP contribution in [0.5, 0.6) is 0 Å². The lowest BCUT2D eigenvalue weighted by Crippen LogP contribution is -2.14. The van der Waals surface area contributed by atoms with Gasteiger partial charge in [-0.3, -0.25) is 9.36 Å². The lowest BCUT2D eigenvalue weighted by Gasteiger charge is -2.06. The summed E-state index contributed by atoms with van der Waals surface area (Å²) in [5.41, 5.74) is 1.67. The maximum Gasteiger partial charge on any atom is 0.228 e. The minimum atomic E-state index is -0.260. The van der Waals surface area contributed by atoms with E-state index in [4.69, 9.17) is 0 Å². The number of carbonyl (C=O) groups is 1. The number of imidazole rings is 1. The molecule has 120 valence electrons. The first kappa shape index (κ1) is 14.6. The second-order valence-electron chi connectivity index (χ2n) is 5.86. The molecule has 2 atom stereocenters. The quantitative estimate of drug-likeness (QED) is 0.803. The highest BCUT2D eigenvalue weighted by molar-refractivity contribution is 5.95. The lowest BCUT2D eigenvalue weighted by molar-refractivity contribution is -0.117. The van der Waals surface area contributed by atoms with Crippen LogP contribution >= 0.6 is 0 Å². The fourth-order valence-electron chi connectivity index (χ4n) is 2.81. The van der Waals surface area contributed by atoms with Gasteiger partial charge in [0.25, 0.3) is 0 Å². The minimum Gasteiger partial charge on any atom is -0.324 e. The van der Waals surface area contributed by atoms with Crippen LogP contribution in [-0.2, 0) is 4.79 Å². The maximum absolute atomic E-state index is 13.0. The summed E-state index contributed by atoms with van der Waals surface area (Å²) in [6, 6.07) is 9.99. The average Bonchev–Trinajstić information content (AvgIpc) is 3.21. The first-order valence-corrected chi connectivity index (χ1v) is 7.71. The van der Waals surface area contributed by atoms with Gasteiger partial charge in [-0.05, 0) is 42.2 Å². The average molecular weight is 322 g/mol. The summed E-state index contributed by atoms with van der Waals surface area (Å²) < 4.78 is 14.7. The van der Waals surface area contributed by atoms with Crippen LogP contribution in [0.4, 0.5) is 10.1 Å². The molecule has 1 aliphatic carbocycles. The highest BCUT2D eigenvalue weighted by atomic mass is 19.1. The van der Waals surface area contributed by atoms with E-state index in [1.165, 1.54) is 12.1 Å². The van der Waals surface area contributed by atoms with Gasteiger partial charge in [0, 0.05) is 18.3 Å². The van der Waals surface area contributed by atoms with Crippen molar-refractivity contribution in [2.75, 3.05) is 5.32 Å². The van der Waals surface area contributed by atoms with Gasteiger partial charge < -0.3 is 5.32 Å². The van der Waals surface area contributed by atoms with E-state index < -0.39 is 0 Å². The van der Waals surface area contributed by atoms with Crippen molar-refractivity contribution < 1.29 is 9.18 Å². The number of nitrogens with zero attached hydrogens (tertiary/aromatic N) is 3. The zero-order valence-corrected chi connectivity index (χ0v) is 12.8. The fourth-order valence-corrected chi connectivity index (χ4v) is 2.81. The number of anilines is 1. The van der Waals surface area contributed by atoms with Gasteiger partial charge in [-0.25, -0.2) is 14.4 Å². The third-order valence-corrected chi connectivity index (χ3v) is 4.21. The Morgan fingerprint density at radius 1 is 1.21 bits per heavy atom. The molecule has 0 bridgehead atoms. The van der Waals surface area contributed by atoms with Gasteiger partial charge in [-0.15, -0.1) is 0 Å². The fraction of sp³-hybridized carbons (Fsp3) is 0.167. The summed E-state index contributed by atoms with van der Waals surface area (Å²) in [5, 5.41) is 2.89. The van der Waals surface area contributed by atoms with E-state index in [-0.39, 0.29) is 23.6 Å². The number of benzene rings is 1. The molecule has 0 aliphatic heterocycles. The van der Waals surface area contributed by atoms with Gasteiger partial charge in [-0.1, -0.05) is 12.1 Å². The Bertz CT molecular complexity index is 844. The molecule has 6 heteroatoms. The summed E-state index contributed by atoms with van der Waals surface area (Å²) in [6.07, 6.45) is 7.57. The van der Waals surface area contributed by atoms with Crippen molar-refractivity contribution in [3.8, 4) is 5.82 Å². The normalized spacial score (nSPS) is 19.0. The predicted octanol–water partition coefficient (Wildman–Crippen LogP) is 3.15. The first-order valence-electron chi connectivity index (χ1n) is 7.71. The number of nitrogens with one attached hydrogen (secondary N) is 1. The molecule has 2 aromatic heterocycles. The van der Waals surface area contributed by atoms with Crippen LogP contribution in [0.25, 0.3) is 5.82 Å². The second kappa shape index (κ2) is 5.88. The largest absolute Gasteiger partial charge is 0.324 e. The highest BCUT2D eigenvalue weighted by Crippen LogP contribution is 2.47. The topological polar surface area (TPSA) is 59.8 Å². The summed E-state index contributed by atoms with van der Waals surface area (Å²) >= 11 is 0. The molecule has 1 fully saturated rings. The van der Waals surface area contributed by atoms with E-state index in [9.17, 15) is 9.18 Å². The SMILES string of the molecule is O=C(Nc1ccc(-n2ccnc2)nc1)C1CC1c1ccc(F)cc1. The zero-order chi connectivity index (χ0) is 16.5. The number of amides is 1. The molecule has 1 amide bonds. The Balaban J connectivity index is 1.39. The molecular formula is C18H15FN4O. The van der Waals surface area contributed by atoms with Crippen molar-refractivity contribution in [1.29, 1.82) is 0 Å². The number of aromatic nitrogens is 3. The first-order chi connectivity index (χ1) is 11.7. The Hall–Kier alpha value is -3.02. The molecule has 0 spiro atoms. The second-order valence-corrected chi connectivity index (χ2v) is 5.86. The minimum absolute atomic E-state index is 0.0264. The molecule has 1 saturated carbocycles. The van der Waals surface area contributed by atoms with Gasteiger partial charge in [-0.2, -0.15) is 0 Å². The van der Waals surface area contributed by atoms with Crippen LogP contribution < -0.4 is 5.32 Å². The lowest BCUT2D eigenvalue weighted by atomic mass is 10.1. The Morgan fingerprint density at radius 3 is 2.71 bits per heavy atom. The molecule has 1 aromatic carbocycles. The number of hydrogen-bond donors (Lipinski definition) is 1. The van der Waals surface area contributed by atoms with Gasteiger partial charge in [0.05, 0.1) is 11.9 Å². The number of rotatable bonds is 4. The number of carbonyl (C=O) groups excluding carboxylic acids is 1. The van der Waals surface area contributed by atoms with Crippen LogP contribution in [0.1, 0.15) is 17.9 Å². The van der Waals surface area contributed by atoms with Crippen LogP contribution in [0.2, 0.25) is 0 Å². The predicted molar refractivity (Wildman–Crippen MR) is 87.2 cm³/mol. The van der Waals surface area contributed by atoms with Crippen molar-refractivity contribution in [2.24, 2.45) is 5.92 Å². The zero-order valence-electron chi connectivity index (χ0n) is 12.8. The Kier molecular flexibility index (Phi) is 3.57. The smallest absolute Gasteiger partial charge is 0.228 e. The van der Waals surface area contributed by atoms with Crippen LogP contribution in [0.3, 0.4) is 0 Å². The summed E-state index contributed by atoms with van der Waals surface area (Å²) in [4.78, 5) is 20.6. The van der Waals surface area contributed by atoms with Crippen molar-refractivity contribution in [3.63, 3.8) is 0 Å². The van der Waals surface area contributed by atoms with Crippen LogP contribution in [0, 0.1) is 11.7 Å². The molecule has 4 rings (SSSR count). The molecule has 1 N–H and O–H groups in total. The molecule has 3 aromatic rings. The third-order valence-electron chi connectivity index (χ3n) is 4.21. The van der Waals surface area contributed by atoms with E-state index in [2.05, 4.69) is 15.3 Å². The highest BCUT2D eigenvalue weighted by Gasteiger charge is 2.43. The molecule has 2 heterocycles. The van der Waals surface area contributed by atoms with Crippen molar-refractivity contribution in [1.82, 2.24) is 14.5 Å². The Labute approximate surface area is 138 Å². The summed E-state index contributed by atoms with van der Waals surface area (Å²) in [5.74, 6) is 0.555. The molecule has 5 nitrogen and oxygen atoms in total. The van der Waals surface area contributed by atoms with E-state index in [0.717, 1.165) is 17.8 Å². The maximum atomic E-state index is 13.0. The van der Waals surface area contributed by atoms with Crippen molar-refractivity contribution in [3.05, 3.63) is 72.7 Å². The van der Waals surface area contributed by atoms with Crippen molar-refractivity contribution in [2.45, 2.75) is 12.3 Å². The molecule has 24 heavy (non-hydrogen) atoms. The molecule has 1 aliphatic rings. The Morgan fingerprint density at radius 2 is 2.04 bits per heavy atom. The van der Waals surface area contributed by atoms with E-state index in [1.54, 1.807) is 41.6 Å². The molecule has 0 saturated heterocycles. The standard InChI is InChI=1S/C18H15FN4O/c19-13-3-1-12(2-4-13)15-9-16(15)18(24)22-14-5-6-17(21-10-14)23-8-7-20-11-23/h1-8,10-11,15-16H,9H2,(H,22,24). The number of halogens is 1. The van der Waals surface area contributed by atoms with E-state index >= 15 is 0 Å². The van der Waals surface area contributed by atoms with Crippen LogP contribution in [-0.4, -0.2) is 20.4 Å². The number of hydrogen-bond acceptors (Lipinski definition) is 3. The molecule has 0 radical (unpaired) electrons. The van der Waals surface area contributed by atoms with Crippen molar-refractivity contribution >= 4 is 11.6 Å². The summed E-state index contributed by atoms with van der Waals surface area (Å²) in [6.45, 7) is 0. The molecule has 2 unspecified atom stereocenters. The monoisotopic (exact) mass is 322 g/mol. The van der Waals surface area contributed by atoms with E-state index in [0.29, 0.717) is 5.69 Å². The summed E-state index contributed by atoms with van der Waals surface area (Å²) in [7, 11) is 0. The van der Waals surface area contributed by atoms with E-state index in [1.807, 2.05) is 12.1 Å². The molecular weight excluding hydrogens is 307 g/mol. The van der Waals surface area contributed by atoms with Gasteiger partial charge >= 0.3 is 0 Å². The van der Waals surface area contributed by atoms with Gasteiger partial charge in [0.2, 0.25) is 5.91 Å². The van der Waals surface area contributed by atoms with Crippen LogP contribution in [0.15, 0.2) is 61.3 Å². The third kappa shape index (κ3) is 2.90. The van der Waals surface area contributed by atoms with Gasteiger partial charge in [0.15, 0.2) is 0 Å². The van der Waals surface area contributed by atoms with Gasteiger partial charge in [0.1, 0.15) is 18.0 Å². The number of pyridine rings is 1.